The van der Waals surface area contributed by atoms with Crippen LogP contribution in [0, 0.1) is 0 Å². The van der Waals surface area contributed by atoms with Crippen LogP contribution in [0.4, 0.5) is 17.1 Å². The average molecular weight is 727 g/mol. The number of aromatic nitrogens is 1. The first-order valence-corrected chi connectivity index (χ1v) is 19.5. The predicted molar refractivity (Wildman–Crippen MR) is 241 cm³/mol. The molecule has 0 saturated carbocycles. The molecular formula is C54H34N2O. The lowest BCUT2D eigenvalue weighted by Crippen LogP contribution is -2.10. The summed E-state index contributed by atoms with van der Waals surface area (Å²) < 4.78 is 9.34. The van der Waals surface area contributed by atoms with Gasteiger partial charge in [-0.2, -0.15) is 0 Å². The molecule has 0 spiro atoms. The first-order chi connectivity index (χ1) is 28.3. The number of nitrogens with zero attached hydrogens (tertiary/aromatic N) is 2. The van der Waals surface area contributed by atoms with Gasteiger partial charge in [0.05, 0.1) is 22.1 Å². The first kappa shape index (κ1) is 31.7. The second-order valence-electron chi connectivity index (χ2n) is 14.8. The number of hydrogen-bond acceptors (Lipinski definition) is 2. The number of benzene rings is 10. The minimum absolute atomic E-state index is 0.857. The maximum atomic E-state index is 6.96. The van der Waals surface area contributed by atoms with Crippen molar-refractivity contribution in [2.45, 2.75) is 0 Å². The summed E-state index contributed by atoms with van der Waals surface area (Å²) >= 11 is 0. The molecule has 12 aromatic rings. The van der Waals surface area contributed by atoms with Gasteiger partial charge in [-0.25, -0.2) is 0 Å². The molecule has 0 aliphatic heterocycles. The van der Waals surface area contributed by atoms with E-state index in [1.54, 1.807) is 0 Å². The summed E-state index contributed by atoms with van der Waals surface area (Å²) in [5, 5.41) is 12.0. The second-order valence-corrected chi connectivity index (χ2v) is 14.8. The molecule has 10 aromatic carbocycles. The van der Waals surface area contributed by atoms with E-state index in [1.165, 1.54) is 54.3 Å². The van der Waals surface area contributed by atoms with E-state index in [2.05, 4.69) is 216 Å². The Morgan fingerprint density at radius 2 is 1.00 bits per heavy atom. The van der Waals surface area contributed by atoms with Crippen molar-refractivity contribution in [3.05, 3.63) is 206 Å². The van der Waals surface area contributed by atoms with Crippen LogP contribution in [0.2, 0.25) is 0 Å². The van der Waals surface area contributed by atoms with Gasteiger partial charge in [0, 0.05) is 33.2 Å². The van der Waals surface area contributed by atoms with Crippen molar-refractivity contribution in [3.63, 3.8) is 0 Å². The zero-order chi connectivity index (χ0) is 37.5. The Kier molecular flexibility index (Phi) is 6.93. The minimum atomic E-state index is 0.857. The molecule has 0 atom stereocenters. The van der Waals surface area contributed by atoms with Crippen LogP contribution in [-0.2, 0) is 0 Å². The van der Waals surface area contributed by atoms with Crippen molar-refractivity contribution in [2.75, 3.05) is 4.90 Å². The lowest BCUT2D eigenvalue weighted by Gasteiger charge is -2.26. The molecule has 0 aliphatic rings. The van der Waals surface area contributed by atoms with E-state index in [9.17, 15) is 0 Å². The molecule has 0 unspecified atom stereocenters. The number of rotatable bonds is 5. The molecule has 0 N–H and O–H groups in total. The Balaban J connectivity index is 1.14. The van der Waals surface area contributed by atoms with E-state index in [0.717, 1.165) is 55.6 Å². The van der Waals surface area contributed by atoms with Crippen molar-refractivity contribution < 1.29 is 4.42 Å². The van der Waals surface area contributed by atoms with Crippen molar-refractivity contribution in [3.8, 4) is 16.8 Å². The summed E-state index contributed by atoms with van der Waals surface area (Å²) in [6.45, 7) is 0. The third kappa shape index (κ3) is 4.79. The normalized spacial score (nSPS) is 11.9. The molecule has 0 bridgehead atoms. The summed E-state index contributed by atoms with van der Waals surface area (Å²) in [4.78, 5) is 2.39. The highest BCUT2D eigenvalue weighted by molar-refractivity contribution is 6.27. The minimum Gasteiger partial charge on any atom is -0.456 e. The van der Waals surface area contributed by atoms with Crippen LogP contribution in [0.1, 0.15) is 0 Å². The molecular weight excluding hydrogens is 693 g/mol. The van der Waals surface area contributed by atoms with Gasteiger partial charge in [0.2, 0.25) is 0 Å². The van der Waals surface area contributed by atoms with Gasteiger partial charge in [-0.3, -0.25) is 0 Å². The standard InChI is InChI=1S/C54H34N2O/c1-3-16-37(17-4-1)55(39-32-31-36-30-29-35-15-7-8-20-40(35)45(36)33-39)49-27-14-28-50-54(49)53-42-22-10-9-21-41(42)46(34-51(53)57-50)43-24-13-26-48-52(43)44-23-11-12-25-47(44)56(48)38-18-5-2-6-19-38/h1-34H. The van der Waals surface area contributed by atoms with Gasteiger partial charge in [-0.05, 0) is 110 Å². The zero-order valence-electron chi connectivity index (χ0n) is 30.9. The zero-order valence-corrected chi connectivity index (χ0v) is 30.9. The van der Waals surface area contributed by atoms with E-state index in [4.69, 9.17) is 4.42 Å². The number of fused-ring (bicyclic) bond motifs is 11. The Morgan fingerprint density at radius 1 is 0.351 bits per heavy atom. The highest BCUT2D eigenvalue weighted by Crippen LogP contribution is 2.48. The number of furan rings is 1. The average Bonchev–Trinajstić information content (AvgIpc) is 3.83. The summed E-state index contributed by atoms with van der Waals surface area (Å²) in [5.41, 5.74) is 10.8. The largest absolute Gasteiger partial charge is 0.456 e. The Morgan fingerprint density at radius 3 is 1.84 bits per heavy atom. The fourth-order valence-corrected chi connectivity index (χ4v) is 9.30. The molecule has 12 rings (SSSR count). The summed E-state index contributed by atoms with van der Waals surface area (Å²) in [7, 11) is 0. The highest BCUT2D eigenvalue weighted by Gasteiger charge is 2.24. The van der Waals surface area contributed by atoms with Crippen LogP contribution in [0.3, 0.4) is 0 Å². The molecule has 57 heavy (non-hydrogen) atoms. The van der Waals surface area contributed by atoms with Crippen molar-refractivity contribution in [1.82, 2.24) is 4.57 Å². The molecule has 2 heterocycles. The Bertz CT molecular complexity index is 3520. The van der Waals surface area contributed by atoms with E-state index in [1.807, 2.05) is 0 Å². The SMILES string of the molecule is c1ccc(N(c2ccc3ccc4ccccc4c3c2)c2cccc3oc4cc(-c5cccc6c5c5ccccc5n6-c5ccccc5)c5ccccc5c4c23)cc1. The van der Waals surface area contributed by atoms with Crippen molar-refractivity contribution in [1.29, 1.82) is 0 Å². The van der Waals surface area contributed by atoms with Crippen LogP contribution < -0.4 is 4.90 Å². The van der Waals surface area contributed by atoms with Gasteiger partial charge in [-0.15, -0.1) is 0 Å². The first-order valence-electron chi connectivity index (χ1n) is 19.5. The molecule has 0 aliphatic carbocycles. The van der Waals surface area contributed by atoms with Crippen LogP contribution in [-0.4, -0.2) is 4.57 Å². The van der Waals surface area contributed by atoms with Crippen LogP contribution in [0.5, 0.6) is 0 Å². The Labute approximate surface area is 328 Å². The molecule has 266 valence electrons. The number of anilines is 3. The fraction of sp³-hybridized carbons (Fsp3) is 0. The van der Waals surface area contributed by atoms with Crippen LogP contribution >= 0.6 is 0 Å². The van der Waals surface area contributed by atoms with Gasteiger partial charge in [0.25, 0.3) is 0 Å². The second kappa shape index (κ2) is 12.5. The lowest BCUT2D eigenvalue weighted by atomic mass is 9.92. The third-order valence-electron chi connectivity index (χ3n) is 11.7. The molecule has 0 amide bonds. The monoisotopic (exact) mass is 726 g/mol. The van der Waals surface area contributed by atoms with Crippen LogP contribution in [0.25, 0.3) is 92.9 Å². The fourth-order valence-electron chi connectivity index (χ4n) is 9.30. The number of para-hydroxylation sites is 3. The molecule has 3 nitrogen and oxygen atoms in total. The van der Waals surface area contributed by atoms with E-state index < -0.39 is 0 Å². The molecule has 2 aromatic heterocycles. The van der Waals surface area contributed by atoms with E-state index in [0.29, 0.717) is 0 Å². The molecule has 0 saturated heterocycles. The van der Waals surface area contributed by atoms with E-state index >= 15 is 0 Å². The van der Waals surface area contributed by atoms with Crippen molar-refractivity contribution in [2.24, 2.45) is 0 Å². The van der Waals surface area contributed by atoms with Gasteiger partial charge >= 0.3 is 0 Å². The van der Waals surface area contributed by atoms with Gasteiger partial charge in [0.15, 0.2) is 0 Å². The van der Waals surface area contributed by atoms with Gasteiger partial charge in [0.1, 0.15) is 11.2 Å². The maximum absolute atomic E-state index is 6.96. The summed E-state index contributed by atoms with van der Waals surface area (Å²) in [6.07, 6.45) is 0. The van der Waals surface area contributed by atoms with E-state index in [-0.39, 0.29) is 0 Å². The topological polar surface area (TPSA) is 21.3 Å². The summed E-state index contributed by atoms with van der Waals surface area (Å²) in [6, 6.07) is 74.3. The van der Waals surface area contributed by atoms with Gasteiger partial charge in [-0.1, -0.05) is 140 Å². The lowest BCUT2D eigenvalue weighted by molar-refractivity contribution is 0.669. The molecule has 0 radical (unpaired) electrons. The van der Waals surface area contributed by atoms with Crippen molar-refractivity contribution >= 4 is 93.1 Å². The van der Waals surface area contributed by atoms with Gasteiger partial charge < -0.3 is 13.9 Å². The highest BCUT2D eigenvalue weighted by atomic mass is 16.3. The molecule has 3 heteroatoms. The molecule has 0 fully saturated rings. The van der Waals surface area contributed by atoms with Crippen LogP contribution in [0.15, 0.2) is 211 Å². The quantitative estimate of drug-likeness (QED) is 0.165. The Hall–Kier alpha value is -7.62. The predicted octanol–water partition coefficient (Wildman–Crippen LogP) is 15.3. The maximum Gasteiger partial charge on any atom is 0.137 e. The smallest absolute Gasteiger partial charge is 0.137 e. The number of hydrogen-bond donors (Lipinski definition) is 0. The summed E-state index contributed by atoms with van der Waals surface area (Å²) in [5.74, 6) is 0. The third-order valence-corrected chi connectivity index (χ3v) is 11.7.